The topological polar surface area (TPSA) is 96.0 Å². The zero-order valence-electron chi connectivity index (χ0n) is 19.4. The second kappa shape index (κ2) is 18.3. The van der Waals surface area contributed by atoms with E-state index in [1.54, 1.807) is 12.2 Å². The Labute approximate surface area is 186 Å². The van der Waals surface area contributed by atoms with E-state index in [1.165, 1.54) is 26.4 Å². The Kier molecular flexibility index (Phi) is 16.9. The number of carbonyl (C=O) groups is 4. The predicted molar refractivity (Wildman–Crippen MR) is 118 cm³/mol. The van der Waals surface area contributed by atoms with Gasteiger partial charge in [-0.05, 0) is 38.8 Å². The van der Waals surface area contributed by atoms with Gasteiger partial charge in [-0.3, -0.25) is 19.2 Å². The molecule has 7 nitrogen and oxygen atoms in total. The Morgan fingerprint density at radius 3 is 1.42 bits per heavy atom. The lowest BCUT2D eigenvalue weighted by atomic mass is 10.1. The van der Waals surface area contributed by atoms with Crippen molar-refractivity contribution in [1.29, 1.82) is 0 Å². The van der Waals surface area contributed by atoms with Gasteiger partial charge in [-0.1, -0.05) is 39.5 Å². The van der Waals surface area contributed by atoms with E-state index in [2.05, 4.69) is 13.8 Å². The van der Waals surface area contributed by atoms with Gasteiger partial charge in [0.2, 0.25) is 0 Å². The van der Waals surface area contributed by atoms with Crippen LogP contribution in [0.3, 0.4) is 0 Å². The third-order valence-corrected chi connectivity index (χ3v) is 4.29. The molecular weight excluding hydrogens is 400 g/mol. The molecule has 2 unspecified atom stereocenters. The van der Waals surface area contributed by atoms with Crippen LogP contribution < -0.4 is 0 Å². The van der Waals surface area contributed by atoms with Gasteiger partial charge in [-0.2, -0.15) is 0 Å². The summed E-state index contributed by atoms with van der Waals surface area (Å²) in [5.74, 6) is -1.43. The third-order valence-electron chi connectivity index (χ3n) is 4.29. The van der Waals surface area contributed by atoms with Crippen molar-refractivity contribution in [2.75, 3.05) is 0 Å². The van der Waals surface area contributed by atoms with E-state index in [9.17, 15) is 19.2 Å². The van der Waals surface area contributed by atoms with Gasteiger partial charge in [0.1, 0.15) is 36.6 Å². The molecule has 0 fully saturated rings. The van der Waals surface area contributed by atoms with Crippen LogP contribution in [0.5, 0.6) is 0 Å². The van der Waals surface area contributed by atoms with Crippen LogP contribution in [0.25, 0.3) is 0 Å². The lowest BCUT2D eigenvalue weighted by Gasteiger charge is -2.16. The summed E-state index contributed by atoms with van der Waals surface area (Å²) in [4.78, 5) is 45.5. The fourth-order valence-corrected chi connectivity index (χ4v) is 2.75. The summed E-state index contributed by atoms with van der Waals surface area (Å²) in [6, 6.07) is 0. The number of rotatable bonds is 18. The van der Waals surface area contributed by atoms with E-state index in [1.807, 2.05) is 0 Å². The van der Waals surface area contributed by atoms with Crippen LogP contribution >= 0.6 is 0 Å². The molecule has 0 spiro atoms. The molecule has 0 saturated carbocycles. The van der Waals surface area contributed by atoms with Crippen molar-refractivity contribution in [2.24, 2.45) is 0 Å². The highest BCUT2D eigenvalue weighted by molar-refractivity contribution is 5.94. The van der Waals surface area contributed by atoms with Gasteiger partial charge in [-0.15, -0.1) is 0 Å². The molecule has 0 rings (SSSR count). The fourth-order valence-electron chi connectivity index (χ4n) is 2.75. The second-order valence-electron chi connectivity index (χ2n) is 7.62. The summed E-state index contributed by atoms with van der Waals surface area (Å²) in [7, 11) is 0. The smallest absolute Gasteiger partial charge is 0.313 e. The Bertz CT molecular complexity index is 555. The molecule has 0 saturated heterocycles. The molecule has 31 heavy (non-hydrogen) atoms. The number of ketones is 2. The molecule has 176 valence electrons. The molecular formula is C24H38O7. The van der Waals surface area contributed by atoms with Gasteiger partial charge in [0, 0.05) is 12.8 Å². The highest BCUT2D eigenvalue weighted by Gasteiger charge is 2.15. The first-order valence-electron chi connectivity index (χ1n) is 11.1. The van der Waals surface area contributed by atoms with Crippen LogP contribution in [0, 0.1) is 0 Å². The number of hydrogen-bond acceptors (Lipinski definition) is 7. The zero-order chi connectivity index (χ0) is 23.5. The first-order valence-corrected chi connectivity index (χ1v) is 11.1. The van der Waals surface area contributed by atoms with Gasteiger partial charge in [-0.25, -0.2) is 0 Å². The Morgan fingerprint density at radius 2 is 1.10 bits per heavy atom. The Balaban J connectivity index is 4.46. The standard InChI is InChI=1S/C24H38O7/c1-5-7-11-21(30-23(27)17-19(3)25)13-9-15-29-16-10-14-22(12-8-6-2)31-24(28)18-20(4)26/h9-10,15-16,21-22H,5-8,11-14,17-18H2,1-4H3. The first-order chi connectivity index (χ1) is 14.8. The summed E-state index contributed by atoms with van der Waals surface area (Å²) in [5, 5.41) is 0. The van der Waals surface area contributed by atoms with Gasteiger partial charge in [0.25, 0.3) is 0 Å². The summed E-state index contributed by atoms with van der Waals surface area (Å²) >= 11 is 0. The summed E-state index contributed by atoms with van der Waals surface area (Å²) in [5.41, 5.74) is 0. The van der Waals surface area contributed by atoms with E-state index in [0.717, 1.165) is 38.5 Å². The van der Waals surface area contributed by atoms with Crippen LogP contribution in [0.2, 0.25) is 0 Å². The van der Waals surface area contributed by atoms with Gasteiger partial charge in [0.05, 0.1) is 12.5 Å². The summed E-state index contributed by atoms with van der Waals surface area (Å²) in [6.45, 7) is 6.84. The van der Waals surface area contributed by atoms with Crippen LogP contribution in [0.4, 0.5) is 0 Å². The van der Waals surface area contributed by atoms with Crippen molar-refractivity contribution >= 4 is 23.5 Å². The number of ether oxygens (including phenoxy) is 3. The Hall–Kier alpha value is -2.44. The van der Waals surface area contributed by atoms with Crippen LogP contribution in [0.1, 0.15) is 91.9 Å². The van der Waals surface area contributed by atoms with Crippen LogP contribution in [0.15, 0.2) is 24.7 Å². The number of esters is 2. The maximum Gasteiger partial charge on any atom is 0.313 e. The number of hydrogen-bond donors (Lipinski definition) is 0. The molecule has 0 aliphatic carbocycles. The molecule has 7 heteroatoms. The zero-order valence-corrected chi connectivity index (χ0v) is 19.4. The Morgan fingerprint density at radius 1 is 0.710 bits per heavy atom. The molecule has 0 aliphatic heterocycles. The number of carbonyl (C=O) groups excluding carboxylic acids is 4. The fraction of sp³-hybridized carbons (Fsp3) is 0.667. The predicted octanol–water partition coefficient (Wildman–Crippen LogP) is 4.97. The molecule has 0 radical (unpaired) electrons. The highest BCUT2D eigenvalue weighted by atomic mass is 16.5. The lowest BCUT2D eigenvalue weighted by Crippen LogP contribution is -2.19. The lowest BCUT2D eigenvalue weighted by molar-refractivity contribution is -0.152. The van der Waals surface area contributed by atoms with E-state index in [-0.39, 0.29) is 36.6 Å². The average molecular weight is 439 g/mol. The minimum absolute atomic E-state index is 0.207. The molecule has 0 heterocycles. The molecule has 0 amide bonds. The third kappa shape index (κ3) is 18.1. The van der Waals surface area contributed by atoms with Gasteiger partial charge in [0.15, 0.2) is 0 Å². The monoisotopic (exact) mass is 438 g/mol. The molecule has 0 N–H and O–H groups in total. The molecule has 0 aromatic rings. The maximum absolute atomic E-state index is 11.7. The van der Waals surface area contributed by atoms with Gasteiger partial charge < -0.3 is 14.2 Å². The summed E-state index contributed by atoms with van der Waals surface area (Å²) < 4.78 is 16.1. The van der Waals surface area contributed by atoms with Crippen molar-refractivity contribution < 1.29 is 33.4 Å². The van der Waals surface area contributed by atoms with Crippen LogP contribution in [-0.2, 0) is 33.4 Å². The second-order valence-corrected chi connectivity index (χ2v) is 7.62. The minimum atomic E-state index is -0.500. The largest absolute Gasteiger partial charge is 0.473 e. The minimum Gasteiger partial charge on any atom is -0.473 e. The van der Waals surface area contributed by atoms with E-state index >= 15 is 0 Å². The van der Waals surface area contributed by atoms with Gasteiger partial charge >= 0.3 is 11.9 Å². The van der Waals surface area contributed by atoms with Crippen molar-refractivity contribution in [1.82, 2.24) is 0 Å². The highest BCUT2D eigenvalue weighted by Crippen LogP contribution is 2.13. The quantitative estimate of drug-likeness (QED) is 0.169. The van der Waals surface area contributed by atoms with Crippen molar-refractivity contribution in [2.45, 2.75) is 104 Å². The number of Topliss-reactive ketones (excluding diaryl/α,β-unsaturated/α-hetero) is 2. The molecule has 0 aromatic carbocycles. The maximum atomic E-state index is 11.7. The van der Waals surface area contributed by atoms with Crippen LogP contribution in [-0.4, -0.2) is 35.7 Å². The van der Waals surface area contributed by atoms with E-state index in [4.69, 9.17) is 14.2 Å². The molecule has 0 aromatic heterocycles. The van der Waals surface area contributed by atoms with Crippen molar-refractivity contribution in [3.05, 3.63) is 24.7 Å². The molecule has 0 aliphatic rings. The van der Waals surface area contributed by atoms with E-state index < -0.39 is 11.9 Å². The number of unbranched alkanes of at least 4 members (excludes halogenated alkanes) is 2. The average Bonchev–Trinajstić information content (AvgIpc) is 2.67. The van der Waals surface area contributed by atoms with E-state index in [0.29, 0.717) is 12.8 Å². The summed E-state index contributed by atoms with van der Waals surface area (Å²) in [6.07, 6.45) is 11.9. The molecule has 0 bridgehead atoms. The molecule has 2 atom stereocenters. The SMILES string of the molecule is CCCCC(CC=COC=CCC(CCCC)OC(=O)CC(C)=O)OC(=O)CC(C)=O. The van der Waals surface area contributed by atoms with Crippen molar-refractivity contribution in [3.8, 4) is 0 Å². The normalized spacial score (nSPS) is 13.2. The first kappa shape index (κ1) is 28.6. The van der Waals surface area contributed by atoms with Crippen molar-refractivity contribution in [3.63, 3.8) is 0 Å².